The Bertz CT molecular complexity index is 1080. The second kappa shape index (κ2) is 9.76. The van der Waals surface area contributed by atoms with Crippen LogP contribution in [-0.4, -0.2) is 25.4 Å². The molecule has 0 atom stereocenters. The van der Waals surface area contributed by atoms with Crippen LogP contribution in [0, 0.1) is 6.92 Å². The van der Waals surface area contributed by atoms with E-state index in [1.54, 1.807) is 29.1 Å². The minimum atomic E-state index is -3.27. The van der Waals surface area contributed by atoms with Gasteiger partial charge in [0.1, 0.15) is 12.4 Å². The molecule has 1 aromatic carbocycles. The van der Waals surface area contributed by atoms with Gasteiger partial charge < -0.3 is 21.7 Å². The standard InChI is InChI=1S/C21H21N2O4S.BrH/c1-16-4-3-5-18(22-16)15-27-19-10-12-23(13-11-19)14-21(24)17-6-8-20(9-7-17)28(2,25)26;/h3-13H,14-15H2,1-2H3;1H/q+1;/p-1. The Labute approximate surface area is 180 Å². The molecule has 2 heterocycles. The van der Waals surface area contributed by atoms with Gasteiger partial charge in [0.05, 0.1) is 10.6 Å². The molecular formula is C21H21BrN2O4S. The predicted molar refractivity (Wildman–Crippen MR) is 104 cm³/mol. The third-order valence-corrected chi connectivity index (χ3v) is 5.25. The molecule has 0 bridgehead atoms. The molecule has 0 amide bonds. The highest BCUT2D eigenvalue weighted by atomic mass is 79.9. The summed E-state index contributed by atoms with van der Waals surface area (Å²) in [5.41, 5.74) is 2.25. The molecule has 152 valence electrons. The van der Waals surface area contributed by atoms with Crippen molar-refractivity contribution >= 4 is 15.6 Å². The van der Waals surface area contributed by atoms with Gasteiger partial charge in [0.2, 0.25) is 12.3 Å². The Balaban J connectivity index is 0.00000300. The van der Waals surface area contributed by atoms with Crippen molar-refractivity contribution < 1.29 is 39.5 Å². The summed E-state index contributed by atoms with van der Waals surface area (Å²) in [7, 11) is -3.27. The van der Waals surface area contributed by atoms with Gasteiger partial charge >= 0.3 is 0 Å². The Kier molecular flexibility index (Phi) is 7.64. The molecule has 0 radical (unpaired) electrons. The van der Waals surface area contributed by atoms with Crippen LogP contribution in [0.4, 0.5) is 0 Å². The van der Waals surface area contributed by atoms with Crippen molar-refractivity contribution in [3.8, 4) is 5.75 Å². The number of aromatic nitrogens is 2. The van der Waals surface area contributed by atoms with Crippen molar-refractivity contribution in [2.24, 2.45) is 0 Å². The van der Waals surface area contributed by atoms with E-state index in [9.17, 15) is 13.2 Å². The summed E-state index contributed by atoms with van der Waals surface area (Å²) in [4.78, 5) is 17.0. The highest BCUT2D eigenvalue weighted by Crippen LogP contribution is 2.12. The number of nitrogens with zero attached hydrogens (tertiary/aromatic N) is 2. The molecule has 0 aliphatic carbocycles. The second-order valence-corrected chi connectivity index (χ2v) is 8.50. The fraction of sp³-hybridized carbons (Fsp3) is 0.190. The number of hydrogen-bond donors (Lipinski definition) is 0. The van der Waals surface area contributed by atoms with Crippen molar-refractivity contribution in [1.29, 1.82) is 0 Å². The zero-order chi connectivity index (χ0) is 20.1. The molecule has 0 fully saturated rings. The topological polar surface area (TPSA) is 77.2 Å². The number of Topliss-reactive ketones (excluding diaryl/α,β-unsaturated/α-hetero) is 1. The maximum Gasteiger partial charge on any atom is 0.227 e. The van der Waals surface area contributed by atoms with E-state index in [0.29, 0.717) is 17.9 Å². The van der Waals surface area contributed by atoms with Crippen molar-refractivity contribution in [3.05, 3.63) is 83.9 Å². The minimum Gasteiger partial charge on any atom is -1.00 e. The normalized spacial score (nSPS) is 10.8. The first kappa shape index (κ1) is 22.7. The SMILES string of the molecule is Cc1cccc(COc2cc[n+](CC(=O)c3ccc(S(C)(=O)=O)cc3)cc2)n1.[Br-]. The second-order valence-electron chi connectivity index (χ2n) is 6.48. The van der Waals surface area contributed by atoms with Gasteiger partial charge in [-0.1, -0.05) is 6.07 Å². The Morgan fingerprint density at radius 2 is 1.69 bits per heavy atom. The molecule has 3 aromatic rings. The molecule has 0 spiro atoms. The van der Waals surface area contributed by atoms with Crippen molar-refractivity contribution in [1.82, 2.24) is 4.98 Å². The molecule has 0 saturated heterocycles. The number of hydrogen-bond acceptors (Lipinski definition) is 5. The third-order valence-electron chi connectivity index (χ3n) is 4.12. The predicted octanol–water partition coefficient (Wildman–Crippen LogP) is -0.453. The van der Waals surface area contributed by atoms with Gasteiger partial charge in [0, 0.05) is 29.6 Å². The zero-order valence-electron chi connectivity index (χ0n) is 16.1. The van der Waals surface area contributed by atoms with Gasteiger partial charge in [0.15, 0.2) is 22.2 Å². The summed E-state index contributed by atoms with van der Waals surface area (Å²) in [5, 5.41) is 0. The first-order chi connectivity index (χ1) is 13.3. The maximum atomic E-state index is 12.4. The minimum absolute atomic E-state index is 0. The van der Waals surface area contributed by atoms with Crippen LogP contribution in [0.2, 0.25) is 0 Å². The smallest absolute Gasteiger partial charge is 0.227 e. The van der Waals surface area contributed by atoms with Gasteiger partial charge in [-0.2, -0.15) is 4.57 Å². The summed E-state index contributed by atoms with van der Waals surface area (Å²) in [6, 6.07) is 15.3. The molecule has 6 nitrogen and oxygen atoms in total. The Morgan fingerprint density at radius 3 is 2.28 bits per heavy atom. The third kappa shape index (κ3) is 6.47. The summed E-state index contributed by atoms with van der Waals surface area (Å²) < 4.78 is 30.4. The number of ketones is 1. The van der Waals surface area contributed by atoms with Crippen LogP contribution in [0.1, 0.15) is 21.7 Å². The molecule has 0 saturated carbocycles. The molecule has 2 aromatic heterocycles. The fourth-order valence-electron chi connectivity index (χ4n) is 2.63. The van der Waals surface area contributed by atoms with Crippen LogP contribution in [0.15, 0.2) is 71.9 Å². The zero-order valence-corrected chi connectivity index (χ0v) is 18.5. The molecule has 29 heavy (non-hydrogen) atoms. The van der Waals surface area contributed by atoms with E-state index in [1.165, 1.54) is 24.3 Å². The number of sulfone groups is 1. The number of carbonyl (C=O) groups excluding carboxylic acids is 1. The van der Waals surface area contributed by atoms with E-state index in [4.69, 9.17) is 4.74 Å². The van der Waals surface area contributed by atoms with Crippen LogP contribution in [-0.2, 0) is 23.0 Å². The molecule has 3 rings (SSSR count). The number of carbonyl (C=O) groups is 1. The quantitative estimate of drug-likeness (QED) is 0.340. The lowest BCUT2D eigenvalue weighted by molar-refractivity contribution is -0.683. The van der Waals surface area contributed by atoms with Crippen molar-refractivity contribution in [2.45, 2.75) is 25.0 Å². The number of aryl methyl sites for hydroxylation is 1. The van der Waals surface area contributed by atoms with E-state index < -0.39 is 9.84 Å². The monoisotopic (exact) mass is 476 g/mol. The number of rotatable bonds is 7. The number of pyridine rings is 2. The number of benzene rings is 1. The van der Waals surface area contributed by atoms with E-state index in [2.05, 4.69) is 4.98 Å². The highest BCUT2D eigenvalue weighted by Gasteiger charge is 2.14. The molecule has 0 aliphatic rings. The van der Waals surface area contributed by atoms with Crippen LogP contribution < -0.4 is 26.3 Å². The van der Waals surface area contributed by atoms with Crippen molar-refractivity contribution in [3.63, 3.8) is 0 Å². The first-order valence-corrected chi connectivity index (χ1v) is 10.6. The summed E-state index contributed by atoms with van der Waals surface area (Å²) in [6.45, 7) is 2.45. The molecule has 0 N–H and O–H groups in total. The number of halogens is 1. The van der Waals surface area contributed by atoms with E-state index in [0.717, 1.165) is 17.6 Å². The lowest BCUT2D eigenvalue weighted by atomic mass is 10.1. The number of ether oxygens (including phenoxy) is 1. The van der Waals surface area contributed by atoms with Gasteiger partial charge in [-0.05, 0) is 43.3 Å². The van der Waals surface area contributed by atoms with E-state index in [1.807, 2.05) is 25.1 Å². The molecular weight excluding hydrogens is 456 g/mol. The summed E-state index contributed by atoms with van der Waals surface area (Å²) in [5.74, 6) is 0.576. The molecule has 0 aliphatic heterocycles. The lowest BCUT2D eigenvalue weighted by Gasteiger charge is -2.05. The largest absolute Gasteiger partial charge is 1.00 e. The summed E-state index contributed by atoms with van der Waals surface area (Å²) >= 11 is 0. The summed E-state index contributed by atoms with van der Waals surface area (Å²) in [6.07, 6.45) is 4.67. The van der Waals surface area contributed by atoms with Crippen molar-refractivity contribution in [2.75, 3.05) is 6.26 Å². The Morgan fingerprint density at radius 1 is 1.03 bits per heavy atom. The van der Waals surface area contributed by atoms with E-state index >= 15 is 0 Å². The van der Waals surface area contributed by atoms with Crippen LogP contribution in [0.25, 0.3) is 0 Å². The first-order valence-electron chi connectivity index (χ1n) is 8.69. The highest BCUT2D eigenvalue weighted by molar-refractivity contribution is 7.90. The average Bonchev–Trinajstić information content (AvgIpc) is 2.67. The fourth-order valence-corrected chi connectivity index (χ4v) is 3.26. The van der Waals surface area contributed by atoms with Gasteiger partial charge in [-0.15, -0.1) is 0 Å². The Hall–Kier alpha value is -2.58. The maximum absolute atomic E-state index is 12.4. The van der Waals surface area contributed by atoms with Crippen LogP contribution in [0.3, 0.4) is 0 Å². The van der Waals surface area contributed by atoms with Crippen LogP contribution >= 0.6 is 0 Å². The van der Waals surface area contributed by atoms with Crippen LogP contribution in [0.5, 0.6) is 5.75 Å². The van der Waals surface area contributed by atoms with Gasteiger partial charge in [0.25, 0.3) is 0 Å². The molecule has 8 heteroatoms. The average molecular weight is 477 g/mol. The molecule has 0 unspecified atom stereocenters. The lowest BCUT2D eigenvalue weighted by Crippen LogP contribution is -3.00. The van der Waals surface area contributed by atoms with Gasteiger partial charge in [-0.3, -0.25) is 9.78 Å². The van der Waals surface area contributed by atoms with E-state index in [-0.39, 0.29) is 34.2 Å². The van der Waals surface area contributed by atoms with Gasteiger partial charge in [-0.25, -0.2) is 8.42 Å².